The van der Waals surface area contributed by atoms with E-state index in [0.717, 1.165) is 37.3 Å². The summed E-state index contributed by atoms with van der Waals surface area (Å²) in [4.78, 5) is 14.6. The average Bonchev–Trinajstić information content (AvgIpc) is 2.50. The Labute approximate surface area is 138 Å². The number of likely N-dealkylation sites (tertiary alicyclic amines) is 1. The second-order valence-electron chi connectivity index (χ2n) is 6.45. The van der Waals surface area contributed by atoms with E-state index < -0.39 is 0 Å². The molecule has 1 amide bonds. The van der Waals surface area contributed by atoms with E-state index in [2.05, 4.69) is 26.0 Å². The number of hydrogen-bond acceptors (Lipinski definition) is 2. The number of piperidine rings is 1. The van der Waals surface area contributed by atoms with Gasteiger partial charge in [0.15, 0.2) is 0 Å². The van der Waals surface area contributed by atoms with Gasteiger partial charge in [-0.2, -0.15) is 0 Å². The fourth-order valence-corrected chi connectivity index (χ4v) is 3.55. The zero-order chi connectivity index (χ0) is 16.1. The molecule has 2 atom stereocenters. The topological polar surface area (TPSA) is 46.3 Å². The van der Waals surface area contributed by atoms with Gasteiger partial charge in [0.2, 0.25) is 5.91 Å². The first-order valence-electron chi connectivity index (χ1n) is 8.32. The third-order valence-electron chi connectivity index (χ3n) is 4.65. The lowest BCUT2D eigenvalue weighted by Gasteiger charge is -2.38. The largest absolute Gasteiger partial charge is 0.341 e. The van der Waals surface area contributed by atoms with Crippen molar-refractivity contribution in [3.63, 3.8) is 0 Å². The molecule has 1 aromatic rings. The highest BCUT2D eigenvalue weighted by Crippen LogP contribution is 2.24. The Balaban J connectivity index is 2.01. The van der Waals surface area contributed by atoms with Gasteiger partial charge in [0.25, 0.3) is 0 Å². The molecular weight excluding hydrogens is 296 g/mol. The van der Waals surface area contributed by atoms with Crippen molar-refractivity contribution in [2.24, 2.45) is 17.6 Å². The minimum atomic E-state index is 0.0874. The number of halogens is 1. The van der Waals surface area contributed by atoms with E-state index in [1.807, 2.05) is 17.0 Å². The lowest BCUT2D eigenvalue weighted by atomic mass is 9.88. The van der Waals surface area contributed by atoms with Crippen molar-refractivity contribution in [1.29, 1.82) is 0 Å². The van der Waals surface area contributed by atoms with Crippen LogP contribution in [0.3, 0.4) is 0 Å². The predicted molar refractivity (Wildman–Crippen MR) is 91.9 cm³/mol. The first kappa shape index (κ1) is 17.3. The van der Waals surface area contributed by atoms with Crippen molar-refractivity contribution in [3.05, 3.63) is 34.9 Å². The highest BCUT2D eigenvalue weighted by atomic mass is 35.5. The lowest BCUT2D eigenvalue weighted by Crippen LogP contribution is -2.51. The van der Waals surface area contributed by atoms with Gasteiger partial charge in [-0.3, -0.25) is 4.79 Å². The van der Waals surface area contributed by atoms with E-state index in [4.69, 9.17) is 17.3 Å². The molecule has 0 aromatic heterocycles. The van der Waals surface area contributed by atoms with E-state index >= 15 is 0 Å². The molecule has 2 rings (SSSR count). The molecular formula is C18H27ClN2O. The van der Waals surface area contributed by atoms with Gasteiger partial charge in [0, 0.05) is 30.1 Å². The van der Waals surface area contributed by atoms with Crippen LogP contribution < -0.4 is 5.73 Å². The van der Waals surface area contributed by atoms with E-state index in [0.29, 0.717) is 12.5 Å². The van der Waals surface area contributed by atoms with E-state index in [9.17, 15) is 4.79 Å². The summed E-state index contributed by atoms with van der Waals surface area (Å²) in [5, 5.41) is 0.759. The summed E-state index contributed by atoms with van der Waals surface area (Å²) in [7, 11) is 0. The first-order valence-corrected chi connectivity index (χ1v) is 8.70. The number of hydrogen-bond donors (Lipinski definition) is 1. The highest BCUT2D eigenvalue weighted by molar-refractivity contribution is 6.30. The van der Waals surface area contributed by atoms with Crippen LogP contribution in [0.4, 0.5) is 0 Å². The van der Waals surface area contributed by atoms with Crippen molar-refractivity contribution in [3.8, 4) is 0 Å². The number of rotatable bonds is 5. The minimum absolute atomic E-state index is 0.0874. The standard InChI is InChI=1S/C18H27ClN2O/c1-3-15(4-2)18(22)21-11-14(10-17(20)12-21)9-13-5-7-16(19)8-6-13/h5-8,14-15,17H,3-4,9-12,20H2,1-2H3. The van der Waals surface area contributed by atoms with Crippen LogP contribution in [0.2, 0.25) is 5.02 Å². The van der Waals surface area contributed by atoms with E-state index in [-0.39, 0.29) is 17.9 Å². The smallest absolute Gasteiger partial charge is 0.225 e. The van der Waals surface area contributed by atoms with Crippen molar-refractivity contribution in [1.82, 2.24) is 4.90 Å². The summed E-state index contributed by atoms with van der Waals surface area (Å²) in [6.45, 7) is 5.69. The van der Waals surface area contributed by atoms with Crippen LogP contribution in [0.25, 0.3) is 0 Å². The Morgan fingerprint density at radius 2 is 1.91 bits per heavy atom. The fraction of sp³-hybridized carbons (Fsp3) is 0.611. The molecule has 1 heterocycles. The quantitative estimate of drug-likeness (QED) is 0.902. The van der Waals surface area contributed by atoms with Crippen molar-refractivity contribution >= 4 is 17.5 Å². The molecule has 3 nitrogen and oxygen atoms in total. The molecule has 2 unspecified atom stereocenters. The Hall–Kier alpha value is -1.06. The summed E-state index contributed by atoms with van der Waals surface area (Å²) in [5.74, 6) is 0.853. The van der Waals surface area contributed by atoms with Crippen LogP contribution >= 0.6 is 11.6 Å². The number of carbonyl (C=O) groups is 1. The van der Waals surface area contributed by atoms with Gasteiger partial charge < -0.3 is 10.6 Å². The summed E-state index contributed by atoms with van der Waals surface area (Å²) in [5.41, 5.74) is 7.46. The molecule has 1 aromatic carbocycles. The zero-order valence-corrected chi connectivity index (χ0v) is 14.4. The van der Waals surface area contributed by atoms with Gasteiger partial charge in [0.1, 0.15) is 0 Å². The summed E-state index contributed by atoms with van der Waals surface area (Å²) in [6.07, 6.45) is 3.75. The van der Waals surface area contributed by atoms with Crippen molar-refractivity contribution in [2.45, 2.75) is 45.6 Å². The highest BCUT2D eigenvalue weighted by Gasteiger charge is 2.30. The Kier molecular flexibility index (Phi) is 6.27. The second-order valence-corrected chi connectivity index (χ2v) is 6.89. The summed E-state index contributed by atoms with van der Waals surface area (Å²) < 4.78 is 0. The van der Waals surface area contributed by atoms with E-state index in [1.165, 1.54) is 5.56 Å². The zero-order valence-electron chi connectivity index (χ0n) is 13.6. The van der Waals surface area contributed by atoms with Gasteiger partial charge in [-0.05, 0) is 49.3 Å². The number of amides is 1. The number of nitrogens with two attached hydrogens (primary N) is 1. The van der Waals surface area contributed by atoms with Gasteiger partial charge in [-0.1, -0.05) is 37.6 Å². The van der Waals surface area contributed by atoms with Crippen LogP contribution in [0.1, 0.15) is 38.7 Å². The predicted octanol–water partition coefficient (Wildman–Crippen LogP) is 3.49. The molecule has 1 fully saturated rings. The van der Waals surface area contributed by atoms with Gasteiger partial charge >= 0.3 is 0 Å². The van der Waals surface area contributed by atoms with Crippen LogP contribution in [-0.4, -0.2) is 29.9 Å². The molecule has 0 aliphatic carbocycles. The van der Waals surface area contributed by atoms with Crippen LogP contribution in [0.5, 0.6) is 0 Å². The lowest BCUT2D eigenvalue weighted by molar-refractivity contribution is -0.138. The number of nitrogens with zero attached hydrogens (tertiary/aromatic N) is 1. The van der Waals surface area contributed by atoms with Crippen molar-refractivity contribution < 1.29 is 4.79 Å². The number of benzene rings is 1. The monoisotopic (exact) mass is 322 g/mol. The van der Waals surface area contributed by atoms with Gasteiger partial charge in [-0.15, -0.1) is 0 Å². The van der Waals surface area contributed by atoms with Gasteiger partial charge in [0.05, 0.1) is 0 Å². The third-order valence-corrected chi connectivity index (χ3v) is 4.91. The summed E-state index contributed by atoms with van der Waals surface area (Å²) >= 11 is 5.94. The van der Waals surface area contributed by atoms with Crippen LogP contribution in [-0.2, 0) is 11.2 Å². The van der Waals surface area contributed by atoms with Crippen LogP contribution in [0, 0.1) is 11.8 Å². The average molecular weight is 323 g/mol. The molecule has 1 aliphatic heterocycles. The molecule has 0 radical (unpaired) electrons. The van der Waals surface area contributed by atoms with E-state index in [1.54, 1.807) is 0 Å². The third kappa shape index (κ3) is 4.47. The fourth-order valence-electron chi connectivity index (χ4n) is 3.42. The van der Waals surface area contributed by atoms with Gasteiger partial charge in [-0.25, -0.2) is 0 Å². The molecule has 2 N–H and O–H groups in total. The van der Waals surface area contributed by atoms with Crippen LogP contribution in [0.15, 0.2) is 24.3 Å². The minimum Gasteiger partial charge on any atom is -0.341 e. The molecule has 1 saturated heterocycles. The Bertz CT molecular complexity index is 484. The maximum atomic E-state index is 12.6. The Morgan fingerprint density at radius 3 is 2.50 bits per heavy atom. The second kappa shape index (κ2) is 7.98. The SMILES string of the molecule is CCC(CC)C(=O)N1CC(N)CC(Cc2ccc(Cl)cc2)C1. The molecule has 1 aliphatic rings. The molecule has 22 heavy (non-hydrogen) atoms. The molecule has 0 spiro atoms. The first-order chi connectivity index (χ1) is 10.5. The summed E-state index contributed by atoms with van der Waals surface area (Å²) in [6, 6.07) is 8.06. The molecule has 0 saturated carbocycles. The molecule has 4 heteroatoms. The molecule has 122 valence electrons. The maximum Gasteiger partial charge on any atom is 0.225 e. The van der Waals surface area contributed by atoms with Crippen molar-refractivity contribution in [2.75, 3.05) is 13.1 Å². The number of carbonyl (C=O) groups excluding carboxylic acids is 1. The Morgan fingerprint density at radius 1 is 1.27 bits per heavy atom. The normalized spacial score (nSPS) is 22.1. The molecule has 0 bridgehead atoms. The maximum absolute atomic E-state index is 12.6.